The lowest BCUT2D eigenvalue weighted by Crippen LogP contribution is -2.40. The van der Waals surface area contributed by atoms with E-state index in [4.69, 9.17) is 14.2 Å². The summed E-state index contributed by atoms with van der Waals surface area (Å²) >= 11 is 0. The number of hydrogen-bond donors (Lipinski definition) is 0. The molecule has 1 aliphatic heterocycles. The maximum absolute atomic E-state index is 11.0. The summed E-state index contributed by atoms with van der Waals surface area (Å²) < 4.78 is 15.2. The van der Waals surface area contributed by atoms with Crippen molar-refractivity contribution in [3.05, 3.63) is 0 Å². The molecule has 0 aliphatic carbocycles. The normalized spacial score (nSPS) is 34.4. The van der Waals surface area contributed by atoms with Gasteiger partial charge < -0.3 is 14.2 Å². The van der Waals surface area contributed by atoms with E-state index in [2.05, 4.69) is 0 Å². The number of methoxy groups -OCH3 is 1. The van der Waals surface area contributed by atoms with Crippen LogP contribution in [0.1, 0.15) is 20.3 Å². The molecule has 0 amide bonds. The van der Waals surface area contributed by atoms with Crippen molar-refractivity contribution in [2.75, 3.05) is 13.9 Å². The van der Waals surface area contributed by atoms with Crippen LogP contribution < -0.4 is 0 Å². The fraction of sp³-hybridized carbons (Fsp3) is 0.889. The number of carbonyl (C=O) groups is 1. The van der Waals surface area contributed by atoms with E-state index < -0.39 is 0 Å². The van der Waals surface area contributed by atoms with E-state index >= 15 is 0 Å². The molecule has 1 fully saturated rings. The van der Waals surface area contributed by atoms with Crippen molar-refractivity contribution in [3.63, 3.8) is 0 Å². The standard InChI is InChI=1S/C9H16O4/c1-6-7(2)13-9(10)4-8(6)12-5-11-3/h6-8H,4-5H2,1-3H3/t6-,7-,8-/m1/s1. The van der Waals surface area contributed by atoms with Gasteiger partial charge in [-0.2, -0.15) is 0 Å². The summed E-state index contributed by atoms with van der Waals surface area (Å²) in [5, 5.41) is 0. The Morgan fingerprint density at radius 1 is 1.54 bits per heavy atom. The van der Waals surface area contributed by atoms with E-state index in [0.717, 1.165) is 0 Å². The summed E-state index contributed by atoms with van der Waals surface area (Å²) in [6, 6.07) is 0. The number of esters is 1. The number of ether oxygens (including phenoxy) is 3. The molecular weight excluding hydrogens is 172 g/mol. The predicted octanol–water partition coefficient (Wildman–Crippen LogP) is 0.947. The minimum atomic E-state index is -0.188. The molecule has 0 aromatic carbocycles. The van der Waals surface area contributed by atoms with Crippen LogP contribution in [0, 0.1) is 5.92 Å². The van der Waals surface area contributed by atoms with Crippen LogP contribution in [0.5, 0.6) is 0 Å². The van der Waals surface area contributed by atoms with Gasteiger partial charge in [-0.05, 0) is 6.92 Å². The molecule has 1 heterocycles. The first-order valence-electron chi connectivity index (χ1n) is 4.45. The van der Waals surface area contributed by atoms with E-state index in [-0.39, 0.29) is 30.9 Å². The first-order valence-corrected chi connectivity index (χ1v) is 4.45. The highest BCUT2D eigenvalue weighted by atomic mass is 16.7. The van der Waals surface area contributed by atoms with Crippen LogP contribution in [-0.4, -0.2) is 32.1 Å². The molecule has 1 aliphatic rings. The summed E-state index contributed by atoms with van der Waals surface area (Å²) in [5.41, 5.74) is 0. The van der Waals surface area contributed by atoms with Crippen LogP contribution >= 0.6 is 0 Å². The number of rotatable bonds is 3. The van der Waals surface area contributed by atoms with Gasteiger partial charge in [0.25, 0.3) is 0 Å². The van der Waals surface area contributed by atoms with Gasteiger partial charge in [-0.15, -0.1) is 0 Å². The van der Waals surface area contributed by atoms with Gasteiger partial charge >= 0.3 is 5.97 Å². The van der Waals surface area contributed by atoms with Crippen molar-refractivity contribution in [2.45, 2.75) is 32.5 Å². The molecule has 0 radical (unpaired) electrons. The van der Waals surface area contributed by atoms with E-state index in [9.17, 15) is 4.79 Å². The Morgan fingerprint density at radius 3 is 2.85 bits per heavy atom. The average molecular weight is 188 g/mol. The van der Waals surface area contributed by atoms with Gasteiger partial charge in [0.15, 0.2) is 0 Å². The third-order valence-electron chi connectivity index (χ3n) is 2.41. The Bertz CT molecular complexity index is 180. The molecule has 13 heavy (non-hydrogen) atoms. The highest BCUT2D eigenvalue weighted by molar-refractivity contribution is 5.71. The molecule has 1 rings (SSSR count). The zero-order valence-corrected chi connectivity index (χ0v) is 8.28. The predicted molar refractivity (Wildman–Crippen MR) is 46.1 cm³/mol. The lowest BCUT2D eigenvalue weighted by molar-refractivity contribution is -0.178. The highest BCUT2D eigenvalue weighted by Gasteiger charge is 2.33. The zero-order chi connectivity index (χ0) is 9.84. The first kappa shape index (κ1) is 10.5. The minimum Gasteiger partial charge on any atom is -0.462 e. The Labute approximate surface area is 78.2 Å². The summed E-state index contributed by atoms with van der Waals surface area (Å²) in [6.07, 6.45) is 0.189. The van der Waals surface area contributed by atoms with Crippen LogP contribution in [0.2, 0.25) is 0 Å². The molecule has 0 aromatic heterocycles. The monoisotopic (exact) mass is 188 g/mol. The maximum Gasteiger partial charge on any atom is 0.308 e. The van der Waals surface area contributed by atoms with Gasteiger partial charge in [0, 0.05) is 13.0 Å². The molecule has 0 bridgehead atoms. The van der Waals surface area contributed by atoms with Gasteiger partial charge in [-0.1, -0.05) is 6.92 Å². The van der Waals surface area contributed by atoms with Crippen LogP contribution in [-0.2, 0) is 19.0 Å². The lowest BCUT2D eigenvalue weighted by atomic mass is 9.94. The fourth-order valence-electron chi connectivity index (χ4n) is 1.38. The molecule has 0 saturated carbocycles. The van der Waals surface area contributed by atoms with Crippen molar-refractivity contribution in [3.8, 4) is 0 Å². The van der Waals surface area contributed by atoms with Gasteiger partial charge in [0.2, 0.25) is 0 Å². The minimum absolute atomic E-state index is 0.0666. The molecular formula is C9H16O4. The summed E-state index contributed by atoms with van der Waals surface area (Å²) in [5.74, 6) is 0.0413. The molecule has 0 spiro atoms. The second-order valence-corrected chi connectivity index (χ2v) is 3.37. The van der Waals surface area contributed by atoms with E-state index in [0.29, 0.717) is 6.42 Å². The zero-order valence-electron chi connectivity index (χ0n) is 8.28. The van der Waals surface area contributed by atoms with Crippen molar-refractivity contribution in [1.82, 2.24) is 0 Å². The van der Waals surface area contributed by atoms with E-state index in [1.807, 2.05) is 13.8 Å². The van der Waals surface area contributed by atoms with Crippen LogP contribution in [0.4, 0.5) is 0 Å². The van der Waals surface area contributed by atoms with Crippen molar-refractivity contribution in [2.24, 2.45) is 5.92 Å². The van der Waals surface area contributed by atoms with Crippen molar-refractivity contribution in [1.29, 1.82) is 0 Å². The molecule has 0 N–H and O–H groups in total. The molecule has 1 saturated heterocycles. The summed E-state index contributed by atoms with van der Waals surface area (Å²) in [6.45, 7) is 4.12. The largest absolute Gasteiger partial charge is 0.462 e. The van der Waals surface area contributed by atoms with Gasteiger partial charge in [0.05, 0.1) is 12.5 Å². The second-order valence-electron chi connectivity index (χ2n) is 3.37. The third kappa shape index (κ3) is 2.67. The first-order chi connectivity index (χ1) is 6.15. The fourth-order valence-corrected chi connectivity index (χ4v) is 1.38. The molecule has 0 aromatic rings. The van der Waals surface area contributed by atoms with Gasteiger partial charge in [0.1, 0.15) is 12.9 Å². The molecule has 0 unspecified atom stereocenters. The number of hydrogen-bond acceptors (Lipinski definition) is 4. The molecule has 4 nitrogen and oxygen atoms in total. The van der Waals surface area contributed by atoms with E-state index in [1.165, 1.54) is 0 Å². The van der Waals surface area contributed by atoms with Crippen molar-refractivity contribution >= 4 is 5.97 Å². The molecule has 4 heteroatoms. The number of cyclic esters (lactones) is 1. The highest BCUT2D eigenvalue weighted by Crippen LogP contribution is 2.23. The lowest BCUT2D eigenvalue weighted by Gasteiger charge is -2.32. The Hall–Kier alpha value is -0.610. The third-order valence-corrected chi connectivity index (χ3v) is 2.41. The van der Waals surface area contributed by atoms with Gasteiger partial charge in [-0.3, -0.25) is 4.79 Å². The summed E-state index contributed by atoms with van der Waals surface area (Å²) in [4.78, 5) is 11.0. The topological polar surface area (TPSA) is 44.8 Å². The van der Waals surface area contributed by atoms with Crippen LogP contribution in [0.15, 0.2) is 0 Å². The van der Waals surface area contributed by atoms with Gasteiger partial charge in [-0.25, -0.2) is 0 Å². The summed E-state index contributed by atoms with van der Waals surface area (Å²) in [7, 11) is 1.56. The van der Waals surface area contributed by atoms with Crippen molar-refractivity contribution < 1.29 is 19.0 Å². The SMILES string of the molecule is COCO[C@@H]1CC(=O)O[C@H](C)[C@H]1C. The molecule has 76 valence electrons. The maximum atomic E-state index is 11.0. The number of carbonyl (C=O) groups excluding carboxylic acids is 1. The Balaban J connectivity index is 2.45. The quantitative estimate of drug-likeness (QED) is 0.488. The van der Waals surface area contributed by atoms with Crippen LogP contribution in [0.3, 0.4) is 0 Å². The Morgan fingerprint density at radius 2 is 2.23 bits per heavy atom. The molecule has 3 atom stereocenters. The smallest absolute Gasteiger partial charge is 0.308 e. The average Bonchev–Trinajstić information content (AvgIpc) is 2.09. The van der Waals surface area contributed by atoms with E-state index in [1.54, 1.807) is 7.11 Å². The second kappa shape index (κ2) is 4.58. The van der Waals surface area contributed by atoms with Crippen LogP contribution in [0.25, 0.3) is 0 Å². The Kier molecular flexibility index (Phi) is 3.69.